The van der Waals surface area contributed by atoms with Gasteiger partial charge in [0.2, 0.25) is 0 Å². The number of aromatic nitrogens is 1. The zero-order valence-electron chi connectivity index (χ0n) is 21.7. The van der Waals surface area contributed by atoms with Gasteiger partial charge in [-0.1, -0.05) is 19.1 Å². The van der Waals surface area contributed by atoms with Crippen molar-refractivity contribution in [3.63, 3.8) is 0 Å². The van der Waals surface area contributed by atoms with E-state index in [2.05, 4.69) is 10.3 Å². The molecule has 0 saturated carbocycles. The molecule has 12 heteroatoms. The van der Waals surface area contributed by atoms with Crippen molar-refractivity contribution < 1.29 is 37.0 Å². The number of methoxy groups -OCH3 is 2. The minimum absolute atomic E-state index is 0.0114. The topological polar surface area (TPSA) is 150 Å². The van der Waals surface area contributed by atoms with Crippen LogP contribution in [0.25, 0.3) is 0 Å². The molecule has 0 aliphatic heterocycles. The van der Waals surface area contributed by atoms with E-state index in [1.54, 1.807) is 30.3 Å². The number of nitrogens with zero attached hydrogens (tertiary/aromatic N) is 1. The largest absolute Gasteiger partial charge is 0.497 e. The summed E-state index contributed by atoms with van der Waals surface area (Å²) in [4.78, 5) is 40.6. The van der Waals surface area contributed by atoms with Crippen LogP contribution < -0.4 is 19.5 Å². The van der Waals surface area contributed by atoms with Crippen LogP contribution in [0.5, 0.6) is 11.5 Å². The second-order valence-corrected chi connectivity index (χ2v) is 9.90. The third-order valence-corrected chi connectivity index (χ3v) is 6.83. The second-order valence-electron chi connectivity index (χ2n) is 8.22. The molecular formula is C27H29N3O8S. The number of nitrogens with one attached hydrogen (secondary N) is 2. The highest BCUT2D eigenvalue weighted by molar-refractivity contribution is 7.90. The fourth-order valence-corrected chi connectivity index (χ4v) is 4.37. The number of pyridine rings is 1. The summed E-state index contributed by atoms with van der Waals surface area (Å²) in [7, 11) is -1.19. The molecule has 1 heterocycles. The Morgan fingerprint density at radius 3 is 2.28 bits per heavy atom. The highest BCUT2D eigenvalue weighted by Gasteiger charge is 2.20. The van der Waals surface area contributed by atoms with Crippen LogP contribution in [0.2, 0.25) is 0 Å². The summed E-state index contributed by atoms with van der Waals surface area (Å²) in [6.45, 7) is 2.38. The number of benzene rings is 2. The van der Waals surface area contributed by atoms with Gasteiger partial charge in [-0.15, -0.1) is 0 Å². The van der Waals surface area contributed by atoms with Gasteiger partial charge in [0, 0.05) is 12.7 Å². The normalized spacial score (nSPS) is 10.8. The number of hydrogen-bond donors (Lipinski definition) is 2. The summed E-state index contributed by atoms with van der Waals surface area (Å²) in [5.41, 5.74) is 1.08. The molecule has 2 N–H and O–H groups in total. The fraction of sp³-hybridized carbons (Fsp3) is 0.259. The number of amides is 2. The number of rotatable bonds is 12. The highest BCUT2D eigenvalue weighted by Crippen LogP contribution is 2.23. The lowest BCUT2D eigenvalue weighted by Crippen LogP contribution is -2.30. The maximum Gasteiger partial charge on any atom is 0.356 e. The summed E-state index contributed by atoms with van der Waals surface area (Å²) in [6.07, 6.45) is 2.19. The third kappa shape index (κ3) is 7.77. The average molecular weight is 556 g/mol. The first-order valence-corrected chi connectivity index (χ1v) is 13.5. The Morgan fingerprint density at radius 2 is 1.67 bits per heavy atom. The molecule has 1 aromatic heterocycles. The van der Waals surface area contributed by atoms with Gasteiger partial charge in [0.1, 0.15) is 17.2 Å². The van der Waals surface area contributed by atoms with Crippen molar-refractivity contribution >= 4 is 27.8 Å². The van der Waals surface area contributed by atoms with Gasteiger partial charge in [-0.3, -0.25) is 9.59 Å². The molecule has 0 spiro atoms. The standard InChI is InChI=1S/C27H29N3O8S/c1-4-15-38-27(33)23-11-7-19(17-29-23)25(31)30-39(34,35)21-9-5-18(6-10-21)13-14-28-26(32)22-16-20(36-2)8-12-24(22)37-3/h5-12,16-17H,4,13-15H2,1-3H3,(H,28,32)(H,30,31). The Labute approximate surface area is 226 Å². The first-order valence-electron chi connectivity index (χ1n) is 12.0. The zero-order chi connectivity index (χ0) is 28.4. The monoisotopic (exact) mass is 555 g/mol. The van der Waals surface area contributed by atoms with E-state index in [0.29, 0.717) is 29.9 Å². The van der Waals surface area contributed by atoms with Gasteiger partial charge in [0.05, 0.1) is 36.8 Å². The van der Waals surface area contributed by atoms with Crippen LogP contribution in [0.4, 0.5) is 0 Å². The van der Waals surface area contributed by atoms with E-state index >= 15 is 0 Å². The molecule has 0 bridgehead atoms. The van der Waals surface area contributed by atoms with Gasteiger partial charge < -0.3 is 19.5 Å². The van der Waals surface area contributed by atoms with Crippen molar-refractivity contribution in [2.24, 2.45) is 0 Å². The Kier molecular flexibility index (Phi) is 9.98. The molecule has 3 rings (SSSR count). The third-order valence-electron chi connectivity index (χ3n) is 5.48. The molecule has 0 aliphatic carbocycles. The molecule has 0 saturated heterocycles. The minimum atomic E-state index is -4.16. The minimum Gasteiger partial charge on any atom is -0.497 e. The lowest BCUT2D eigenvalue weighted by Gasteiger charge is -2.11. The van der Waals surface area contributed by atoms with E-state index in [1.165, 1.54) is 38.5 Å². The van der Waals surface area contributed by atoms with Crippen LogP contribution in [-0.4, -0.2) is 58.6 Å². The van der Waals surface area contributed by atoms with Crippen LogP contribution in [0.1, 0.15) is 50.1 Å². The van der Waals surface area contributed by atoms with Gasteiger partial charge in [-0.2, -0.15) is 0 Å². The van der Waals surface area contributed by atoms with E-state index < -0.39 is 21.9 Å². The van der Waals surface area contributed by atoms with Gasteiger partial charge in [-0.25, -0.2) is 22.9 Å². The van der Waals surface area contributed by atoms with Crippen molar-refractivity contribution in [2.75, 3.05) is 27.4 Å². The smallest absolute Gasteiger partial charge is 0.356 e. The molecule has 2 aromatic carbocycles. The SMILES string of the molecule is CCCOC(=O)c1ccc(C(=O)NS(=O)(=O)c2ccc(CCNC(=O)c3cc(OC)ccc3OC)cc2)cn1. The van der Waals surface area contributed by atoms with E-state index in [1.807, 2.05) is 11.6 Å². The van der Waals surface area contributed by atoms with E-state index in [-0.39, 0.29) is 35.2 Å². The van der Waals surface area contributed by atoms with Gasteiger partial charge in [0.25, 0.3) is 21.8 Å². The van der Waals surface area contributed by atoms with Crippen molar-refractivity contribution in [3.05, 3.63) is 83.2 Å². The first kappa shape index (κ1) is 29.1. The molecule has 0 fully saturated rings. The van der Waals surface area contributed by atoms with Crippen LogP contribution in [0, 0.1) is 0 Å². The Hall–Kier alpha value is -4.45. The summed E-state index contributed by atoms with van der Waals surface area (Å²) >= 11 is 0. The lowest BCUT2D eigenvalue weighted by molar-refractivity contribution is 0.0497. The number of carbonyl (C=O) groups excluding carboxylic acids is 3. The van der Waals surface area contributed by atoms with Crippen molar-refractivity contribution in [3.8, 4) is 11.5 Å². The van der Waals surface area contributed by atoms with Crippen LogP contribution in [0.3, 0.4) is 0 Å². The van der Waals surface area contributed by atoms with Crippen molar-refractivity contribution in [1.82, 2.24) is 15.0 Å². The number of hydrogen-bond acceptors (Lipinski definition) is 9. The predicted molar refractivity (Wildman–Crippen MR) is 141 cm³/mol. The summed E-state index contributed by atoms with van der Waals surface area (Å²) < 4.78 is 42.7. The predicted octanol–water partition coefficient (Wildman–Crippen LogP) is 2.76. The highest BCUT2D eigenvalue weighted by atomic mass is 32.2. The van der Waals surface area contributed by atoms with E-state index in [9.17, 15) is 22.8 Å². The quantitative estimate of drug-likeness (QED) is 0.322. The maximum absolute atomic E-state index is 12.7. The number of carbonyl (C=O) groups is 3. The zero-order valence-corrected chi connectivity index (χ0v) is 22.5. The van der Waals surface area contributed by atoms with Gasteiger partial charge in [0.15, 0.2) is 0 Å². The summed E-state index contributed by atoms with van der Waals surface area (Å²) in [5, 5.41) is 2.80. The van der Waals surface area contributed by atoms with Crippen LogP contribution >= 0.6 is 0 Å². The molecule has 2 amide bonds. The first-order chi connectivity index (χ1) is 18.7. The maximum atomic E-state index is 12.7. The molecule has 3 aromatic rings. The Bertz CT molecular complexity index is 1420. The van der Waals surface area contributed by atoms with Crippen LogP contribution in [-0.2, 0) is 21.2 Å². The summed E-state index contributed by atoms with van der Waals surface area (Å²) in [5.74, 6) is -0.934. The number of sulfonamides is 1. The molecular weight excluding hydrogens is 526 g/mol. The van der Waals surface area contributed by atoms with E-state index in [0.717, 1.165) is 11.8 Å². The van der Waals surface area contributed by atoms with Crippen LogP contribution in [0.15, 0.2) is 65.7 Å². The molecule has 206 valence electrons. The number of esters is 1. The molecule has 0 atom stereocenters. The van der Waals surface area contributed by atoms with E-state index in [4.69, 9.17) is 14.2 Å². The molecule has 39 heavy (non-hydrogen) atoms. The fourth-order valence-electron chi connectivity index (χ4n) is 3.40. The van der Waals surface area contributed by atoms with Gasteiger partial charge >= 0.3 is 5.97 Å². The number of ether oxygens (including phenoxy) is 3. The Balaban J connectivity index is 1.56. The molecule has 0 unspecified atom stereocenters. The molecule has 0 aliphatic rings. The van der Waals surface area contributed by atoms with Gasteiger partial charge in [-0.05, 0) is 60.9 Å². The molecule has 0 radical (unpaired) electrons. The summed E-state index contributed by atoms with van der Waals surface area (Å²) in [6, 6.07) is 13.4. The van der Waals surface area contributed by atoms with Crippen molar-refractivity contribution in [2.45, 2.75) is 24.7 Å². The Morgan fingerprint density at radius 1 is 0.923 bits per heavy atom. The second kappa shape index (κ2) is 13.4. The average Bonchev–Trinajstić information content (AvgIpc) is 2.95. The lowest BCUT2D eigenvalue weighted by atomic mass is 10.1. The van der Waals surface area contributed by atoms with Crippen molar-refractivity contribution in [1.29, 1.82) is 0 Å². The molecule has 11 nitrogen and oxygen atoms in total.